The highest BCUT2D eigenvalue weighted by molar-refractivity contribution is 6.02. The van der Waals surface area contributed by atoms with Gasteiger partial charge in [0.05, 0.1) is 24.5 Å². The number of nitrogens with zero attached hydrogens (tertiary/aromatic N) is 1. The first-order valence-electron chi connectivity index (χ1n) is 10.5. The lowest BCUT2D eigenvalue weighted by molar-refractivity contribution is 0.0724. The van der Waals surface area contributed by atoms with Gasteiger partial charge in [0, 0.05) is 22.0 Å². The molecule has 5 heteroatoms. The molecule has 1 atom stereocenters. The second-order valence-corrected chi connectivity index (χ2v) is 7.97. The molecule has 1 amide bonds. The molecule has 4 nitrogen and oxygen atoms in total. The van der Waals surface area contributed by atoms with E-state index in [0.29, 0.717) is 12.1 Å². The summed E-state index contributed by atoms with van der Waals surface area (Å²) < 4.78 is 19.2. The first-order chi connectivity index (χ1) is 15.7. The molecular formula is C27H19FN2O2. The van der Waals surface area contributed by atoms with Crippen molar-refractivity contribution < 1.29 is 13.6 Å². The van der Waals surface area contributed by atoms with Crippen LogP contribution < -0.4 is 0 Å². The fourth-order valence-electron chi connectivity index (χ4n) is 4.71. The zero-order valence-electron chi connectivity index (χ0n) is 17.1. The molecule has 0 spiro atoms. The number of carbonyl (C=O) groups is 1. The SMILES string of the molecule is O=C1c2ccccc2C(c2c(-c3ccc(F)cc3)[nH]c3ccccc23)N1Cc1ccco1. The smallest absolute Gasteiger partial charge is 0.255 e. The van der Waals surface area contributed by atoms with Crippen molar-refractivity contribution in [3.63, 3.8) is 0 Å². The standard InChI is InChI=1S/C27H19FN2O2/c28-18-13-11-17(12-14-18)25-24(22-9-3-4-10-23(22)29-25)26-20-7-1-2-8-21(20)27(31)30(26)16-19-6-5-15-32-19/h1-15,26,29H,16H2. The van der Waals surface area contributed by atoms with Crippen LogP contribution in [0.4, 0.5) is 4.39 Å². The summed E-state index contributed by atoms with van der Waals surface area (Å²) in [6, 6.07) is 25.6. The van der Waals surface area contributed by atoms with Gasteiger partial charge in [-0.15, -0.1) is 0 Å². The van der Waals surface area contributed by atoms with Gasteiger partial charge < -0.3 is 14.3 Å². The Kier molecular flexibility index (Phi) is 4.21. The summed E-state index contributed by atoms with van der Waals surface area (Å²) in [7, 11) is 0. The van der Waals surface area contributed by atoms with Gasteiger partial charge in [-0.25, -0.2) is 4.39 Å². The predicted octanol–water partition coefficient (Wildman–Crippen LogP) is 6.31. The van der Waals surface area contributed by atoms with Crippen molar-refractivity contribution in [1.29, 1.82) is 0 Å². The number of aromatic nitrogens is 1. The Morgan fingerprint density at radius 1 is 0.906 bits per heavy atom. The third-order valence-corrected chi connectivity index (χ3v) is 6.12. The Balaban J connectivity index is 1.61. The summed E-state index contributed by atoms with van der Waals surface area (Å²) in [5, 5.41) is 1.03. The molecule has 1 aliphatic rings. The minimum atomic E-state index is -0.306. The number of fused-ring (bicyclic) bond motifs is 2. The fraction of sp³-hybridized carbons (Fsp3) is 0.0741. The van der Waals surface area contributed by atoms with Crippen molar-refractivity contribution >= 4 is 16.8 Å². The molecule has 0 bridgehead atoms. The van der Waals surface area contributed by atoms with Gasteiger partial charge >= 0.3 is 0 Å². The van der Waals surface area contributed by atoms with E-state index in [4.69, 9.17) is 4.42 Å². The van der Waals surface area contributed by atoms with Crippen molar-refractivity contribution in [2.45, 2.75) is 12.6 Å². The van der Waals surface area contributed by atoms with Gasteiger partial charge in [-0.3, -0.25) is 4.79 Å². The number of hydrogen-bond acceptors (Lipinski definition) is 2. The zero-order valence-corrected chi connectivity index (χ0v) is 17.1. The summed E-state index contributed by atoms with van der Waals surface area (Å²) in [5.41, 5.74) is 5.36. The molecule has 6 rings (SSSR count). The lowest BCUT2D eigenvalue weighted by Crippen LogP contribution is -2.28. The van der Waals surface area contributed by atoms with E-state index >= 15 is 0 Å². The van der Waals surface area contributed by atoms with Gasteiger partial charge in [0.25, 0.3) is 5.91 Å². The van der Waals surface area contributed by atoms with Gasteiger partial charge in [0.1, 0.15) is 11.6 Å². The first-order valence-corrected chi connectivity index (χ1v) is 10.5. The van der Waals surface area contributed by atoms with Crippen LogP contribution in [-0.2, 0) is 6.54 Å². The maximum absolute atomic E-state index is 13.7. The number of furan rings is 1. The molecular weight excluding hydrogens is 403 g/mol. The van der Waals surface area contributed by atoms with E-state index in [-0.39, 0.29) is 17.8 Å². The molecule has 1 unspecified atom stereocenters. The molecule has 5 aromatic rings. The zero-order chi connectivity index (χ0) is 21.7. The number of hydrogen-bond donors (Lipinski definition) is 1. The molecule has 2 aromatic heterocycles. The molecule has 0 radical (unpaired) electrons. The van der Waals surface area contributed by atoms with Gasteiger partial charge in [0.15, 0.2) is 0 Å². The number of carbonyl (C=O) groups excluding carboxylic acids is 1. The molecule has 156 valence electrons. The number of rotatable bonds is 4. The average molecular weight is 422 g/mol. The Morgan fingerprint density at radius 2 is 1.69 bits per heavy atom. The lowest BCUT2D eigenvalue weighted by Gasteiger charge is -2.26. The van der Waals surface area contributed by atoms with Crippen molar-refractivity contribution in [3.8, 4) is 11.3 Å². The van der Waals surface area contributed by atoms with Crippen LogP contribution >= 0.6 is 0 Å². The van der Waals surface area contributed by atoms with E-state index in [1.807, 2.05) is 59.5 Å². The van der Waals surface area contributed by atoms with E-state index in [2.05, 4.69) is 11.1 Å². The maximum atomic E-state index is 13.7. The molecule has 0 aliphatic carbocycles. The predicted molar refractivity (Wildman–Crippen MR) is 121 cm³/mol. The Hall–Kier alpha value is -4.12. The van der Waals surface area contributed by atoms with Gasteiger partial charge in [-0.2, -0.15) is 0 Å². The second-order valence-electron chi connectivity index (χ2n) is 7.97. The molecule has 1 aliphatic heterocycles. The highest BCUT2D eigenvalue weighted by atomic mass is 19.1. The molecule has 1 N–H and O–H groups in total. The normalized spacial score (nSPS) is 15.5. The minimum Gasteiger partial charge on any atom is -0.467 e. The lowest BCUT2D eigenvalue weighted by atomic mass is 9.93. The van der Waals surface area contributed by atoms with Crippen LogP contribution in [0.1, 0.15) is 33.3 Å². The topological polar surface area (TPSA) is 49.2 Å². The summed E-state index contributed by atoms with van der Waals surface area (Å²) in [6.45, 7) is 0.355. The monoisotopic (exact) mass is 422 g/mol. The van der Waals surface area contributed by atoms with Crippen LogP contribution in [0.25, 0.3) is 22.2 Å². The summed E-state index contributed by atoms with van der Waals surface area (Å²) in [6.07, 6.45) is 1.62. The van der Waals surface area contributed by atoms with E-state index in [1.54, 1.807) is 18.4 Å². The highest BCUT2D eigenvalue weighted by Crippen LogP contribution is 2.46. The van der Waals surface area contributed by atoms with Gasteiger partial charge in [-0.1, -0.05) is 36.4 Å². The molecule has 0 saturated heterocycles. The minimum absolute atomic E-state index is 0.0302. The Bertz CT molecular complexity index is 1430. The number of benzene rings is 3. The molecule has 0 saturated carbocycles. The fourth-order valence-corrected chi connectivity index (χ4v) is 4.71. The average Bonchev–Trinajstić information content (AvgIpc) is 3.53. The van der Waals surface area contributed by atoms with Crippen LogP contribution in [0, 0.1) is 5.82 Å². The number of amides is 1. The summed E-state index contributed by atoms with van der Waals surface area (Å²) >= 11 is 0. The largest absolute Gasteiger partial charge is 0.467 e. The van der Waals surface area contributed by atoms with Crippen molar-refractivity contribution in [3.05, 3.63) is 119 Å². The van der Waals surface area contributed by atoms with Gasteiger partial charge in [0.2, 0.25) is 0 Å². The van der Waals surface area contributed by atoms with Crippen molar-refractivity contribution in [1.82, 2.24) is 9.88 Å². The molecule has 3 aromatic carbocycles. The molecule has 32 heavy (non-hydrogen) atoms. The van der Waals surface area contributed by atoms with E-state index < -0.39 is 0 Å². The third kappa shape index (κ3) is 2.86. The first kappa shape index (κ1) is 18.6. The summed E-state index contributed by atoms with van der Waals surface area (Å²) in [4.78, 5) is 18.9. The van der Waals surface area contributed by atoms with Crippen molar-refractivity contribution in [2.24, 2.45) is 0 Å². The number of para-hydroxylation sites is 1. The van der Waals surface area contributed by atoms with Crippen LogP contribution in [0.15, 0.2) is 95.6 Å². The second kappa shape index (κ2) is 7.24. The van der Waals surface area contributed by atoms with Crippen LogP contribution in [-0.4, -0.2) is 15.8 Å². The van der Waals surface area contributed by atoms with Crippen LogP contribution in [0.5, 0.6) is 0 Å². The van der Waals surface area contributed by atoms with E-state index in [1.165, 1.54) is 12.1 Å². The quantitative estimate of drug-likeness (QED) is 0.369. The third-order valence-electron chi connectivity index (χ3n) is 6.12. The highest BCUT2D eigenvalue weighted by Gasteiger charge is 2.40. The van der Waals surface area contributed by atoms with E-state index in [9.17, 15) is 9.18 Å². The van der Waals surface area contributed by atoms with E-state index in [0.717, 1.165) is 39.0 Å². The number of halogens is 1. The number of nitrogens with one attached hydrogen (secondary N) is 1. The molecule has 0 fully saturated rings. The van der Waals surface area contributed by atoms with Gasteiger partial charge in [-0.05, 0) is 59.7 Å². The van der Waals surface area contributed by atoms with Crippen LogP contribution in [0.3, 0.4) is 0 Å². The number of H-pyrrole nitrogens is 1. The maximum Gasteiger partial charge on any atom is 0.255 e. The van der Waals surface area contributed by atoms with Crippen molar-refractivity contribution in [2.75, 3.05) is 0 Å². The van der Waals surface area contributed by atoms with Crippen LogP contribution in [0.2, 0.25) is 0 Å². The number of aromatic amines is 1. The Labute approximate surface area is 183 Å². The summed E-state index contributed by atoms with van der Waals surface area (Å²) in [5.74, 6) is 0.406. The molecule has 3 heterocycles. The Morgan fingerprint density at radius 3 is 2.50 bits per heavy atom.